The van der Waals surface area contributed by atoms with Gasteiger partial charge in [0, 0.05) is 12.1 Å². The minimum absolute atomic E-state index is 0.117. The van der Waals surface area contributed by atoms with Crippen molar-refractivity contribution in [2.45, 2.75) is 37.9 Å². The zero-order chi connectivity index (χ0) is 17.5. The number of carbonyl (C=O) groups is 3. The number of methoxy groups -OCH3 is 1. The first-order chi connectivity index (χ1) is 11.3. The van der Waals surface area contributed by atoms with Crippen LogP contribution in [0.3, 0.4) is 0 Å². The number of ether oxygens (including phenoxy) is 1. The second kappa shape index (κ2) is 5.81. The number of hydrogen-bond acceptors (Lipinski definition) is 4. The van der Waals surface area contributed by atoms with Gasteiger partial charge >= 0.3 is 0 Å². The monoisotopic (exact) mass is 331 g/mol. The Morgan fingerprint density at radius 3 is 2.58 bits per heavy atom. The lowest BCUT2D eigenvalue weighted by atomic mass is 9.96. The summed E-state index contributed by atoms with van der Waals surface area (Å²) in [5, 5.41) is 5.61. The van der Waals surface area contributed by atoms with Gasteiger partial charge < -0.3 is 20.3 Å². The second-order valence-corrected chi connectivity index (χ2v) is 6.65. The van der Waals surface area contributed by atoms with Crippen LogP contribution in [0.15, 0.2) is 24.3 Å². The highest BCUT2D eigenvalue weighted by Gasteiger charge is 2.51. The molecule has 7 nitrogen and oxygen atoms in total. The molecule has 2 saturated heterocycles. The first kappa shape index (κ1) is 16.3. The van der Waals surface area contributed by atoms with Crippen molar-refractivity contribution in [1.82, 2.24) is 15.5 Å². The van der Waals surface area contributed by atoms with Crippen LogP contribution in [-0.4, -0.2) is 53.9 Å². The highest BCUT2D eigenvalue weighted by atomic mass is 16.5. The van der Waals surface area contributed by atoms with Crippen LogP contribution in [0.1, 0.15) is 30.6 Å². The Balaban J connectivity index is 1.73. The standard InChI is InChI=1S/C17H21N3O4/c1-17(2)16(23)20-9-8-12(13(20)15(22)19-17)18-14(21)10-4-6-11(24-3)7-5-10/h4-7,12-13H,8-9H2,1-3H3,(H,18,21)(H,19,22). The van der Waals surface area contributed by atoms with E-state index in [0.717, 1.165) is 0 Å². The van der Waals surface area contributed by atoms with Crippen LogP contribution in [0.25, 0.3) is 0 Å². The van der Waals surface area contributed by atoms with Crippen molar-refractivity contribution in [1.29, 1.82) is 0 Å². The molecule has 24 heavy (non-hydrogen) atoms. The molecule has 0 saturated carbocycles. The topological polar surface area (TPSA) is 87.7 Å². The smallest absolute Gasteiger partial charge is 0.251 e. The number of nitrogens with one attached hydrogen (secondary N) is 2. The third-order valence-corrected chi connectivity index (χ3v) is 4.57. The fraction of sp³-hybridized carbons (Fsp3) is 0.471. The van der Waals surface area contributed by atoms with Gasteiger partial charge in [0.15, 0.2) is 0 Å². The van der Waals surface area contributed by atoms with E-state index >= 15 is 0 Å². The maximum atomic E-state index is 12.4. The van der Waals surface area contributed by atoms with E-state index < -0.39 is 11.6 Å². The van der Waals surface area contributed by atoms with E-state index in [0.29, 0.717) is 24.3 Å². The van der Waals surface area contributed by atoms with Crippen LogP contribution < -0.4 is 15.4 Å². The number of hydrogen-bond donors (Lipinski definition) is 2. The zero-order valence-electron chi connectivity index (χ0n) is 14.0. The largest absolute Gasteiger partial charge is 0.497 e. The molecule has 1 aromatic rings. The Morgan fingerprint density at radius 1 is 1.29 bits per heavy atom. The first-order valence-corrected chi connectivity index (χ1v) is 7.91. The summed E-state index contributed by atoms with van der Waals surface area (Å²) in [5.41, 5.74) is -0.417. The minimum Gasteiger partial charge on any atom is -0.497 e. The second-order valence-electron chi connectivity index (χ2n) is 6.65. The summed E-state index contributed by atoms with van der Waals surface area (Å²) in [7, 11) is 1.56. The number of benzene rings is 1. The van der Waals surface area contributed by atoms with E-state index in [-0.39, 0.29) is 23.8 Å². The summed E-state index contributed by atoms with van der Waals surface area (Å²) >= 11 is 0. The Morgan fingerprint density at radius 2 is 1.96 bits per heavy atom. The van der Waals surface area contributed by atoms with Gasteiger partial charge in [-0.25, -0.2) is 0 Å². The molecule has 7 heteroatoms. The molecule has 2 fully saturated rings. The van der Waals surface area contributed by atoms with Crippen molar-refractivity contribution in [3.63, 3.8) is 0 Å². The van der Waals surface area contributed by atoms with Gasteiger partial charge in [0.25, 0.3) is 5.91 Å². The predicted octanol–water partition coefficient (Wildman–Crippen LogP) is 0.303. The van der Waals surface area contributed by atoms with Crippen LogP contribution in [0.2, 0.25) is 0 Å². The Labute approximate surface area is 140 Å². The van der Waals surface area contributed by atoms with Crippen molar-refractivity contribution >= 4 is 17.7 Å². The lowest BCUT2D eigenvalue weighted by Gasteiger charge is -2.40. The van der Waals surface area contributed by atoms with Gasteiger partial charge in [0.2, 0.25) is 11.8 Å². The summed E-state index contributed by atoms with van der Waals surface area (Å²) in [6.07, 6.45) is 0.557. The molecule has 3 rings (SSSR count). The van der Waals surface area contributed by atoms with E-state index in [1.165, 1.54) is 0 Å². The zero-order valence-corrected chi connectivity index (χ0v) is 14.0. The molecule has 2 atom stereocenters. The molecule has 3 amide bonds. The molecule has 0 bridgehead atoms. The van der Waals surface area contributed by atoms with Crippen LogP contribution >= 0.6 is 0 Å². The predicted molar refractivity (Wildman–Crippen MR) is 86.6 cm³/mol. The molecular weight excluding hydrogens is 310 g/mol. The number of rotatable bonds is 3. The Hall–Kier alpha value is -2.57. The first-order valence-electron chi connectivity index (χ1n) is 7.91. The summed E-state index contributed by atoms with van der Waals surface area (Å²) in [4.78, 5) is 38.8. The molecule has 0 aromatic heterocycles. The highest BCUT2D eigenvalue weighted by molar-refractivity contribution is 6.01. The van der Waals surface area contributed by atoms with Gasteiger partial charge in [-0.05, 0) is 44.5 Å². The lowest BCUT2D eigenvalue weighted by Crippen LogP contribution is -2.69. The summed E-state index contributed by atoms with van der Waals surface area (Å²) in [6, 6.07) is 5.70. The van der Waals surface area contributed by atoms with E-state index in [4.69, 9.17) is 4.74 Å². The van der Waals surface area contributed by atoms with Crippen LogP contribution in [0.5, 0.6) is 5.75 Å². The average Bonchev–Trinajstić information content (AvgIpc) is 2.96. The SMILES string of the molecule is COc1ccc(C(=O)NC2CCN3C(=O)C(C)(C)NC(=O)C23)cc1. The maximum absolute atomic E-state index is 12.4. The van der Waals surface area contributed by atoms with E-state index in [2.05, 4.69) is 10.6 Å². The maximum Gasteiger partial charge on any atom is 0.251 e. The normalized spacial score (nSPS) is 25.0. The molecule has 1 aromatic carbocycles. The number of fused-ring (bicyclic) bond motifs is 1. The summed E-state index contributed by atoms with van der Waals surface area (Å²) in [6.45, 7) is 3.84. The van der Waals surface area contributed by atoms with Gasteiger partial charge in [-0.3, -0.25) is 14.4 Å². The molecule has 2 N–H and O–H groups in total. The molecule has 0 spiro atoms. The fourth-order valence-corrected chi connectivity index (χ4v) is 3.28. The minimum atomic E-state index is -0.900. The van der Waals surface area contributed by atoms with Gasteiger partial charge in [-0.15, -0.1) is 0 Å². The molecule has 0 aliphatic carbocycles. The quantitative estimate of drug-likeness (QED) is 0.834. The lowest BCUT2D eigenvalue weighted by molar-refractivity contribution is -0.151. The van der Waals surface area contributed by atoms with E-state index in [1.54, 1.807) is 50.1 Å². The van der Waals surface area contributed by atoms with Crippen LogP contribution in [0, 0.1) is 0 Å². The molecule has 2 heterocycles. The van der Waals surface area contributed by atoms with E-state index in [9.17, 15) is 14.4 Å². The number of piperazine rings is 1. The molecule has 2 aliphatic rings. The van der Waals surface area contributed by atoms with Gasteiger partial charge in [-0.1, -0.05) is 0 Å². The average molecular weight is 331 g/mol. The number of amides is 3. The van der Waals surface area contributed by atoms with Crippen molar-refractivity contribution in [3.05, 3.63) is 29.8 Å². The van der Waals surface area contributed by atoms with Crippen LogP contribution in [-0.2, 0) is 9.59 Å². The van der Waals surface area contributed by atoms with Crippen molar-refractivity contribution in [2.24, 2.45) is 0 Å². The highest BCUT2D eigenvalue weighted by Crippen LogP contribution is 2.27. The fourth-order valence-electron chi connectivity index (χ4n) is 3.28. The summed E-state index contributed by atoms with van der Waals surface area (Å²) < 4.78 is 5.07. The molecule has 128 valence electrons. The third kappa shape index (κ3) is 2.70. The van der Waals surface area contributed by atoms with Gasteiger partial charge in [0.1, 0.15) is 17.3 Å². The molecule has 0 radical (unpaired) electrons. The summed E-state index contributed by atoms with van der Waals surface area (Å²) in [5.74, 6) is 0.0538. The van der Waals surface area contributed by atoms with Crippen LogP contribution in [0.4, 0.5) is 0 Å². The van der Waals surface area contributed by atoms with Gasteiger partial charge in [0.05, 0.1) is 13.2 Å². The number of carbonyl (C=O) groups excluding carboxylic acids is 3. The van der Waals surface area contributed by atoms with Crippen molar-refractivity contribution in [3.8, 4) is 5.75 Å². The van der Waals surface area contributed by atoms with Crippen molar-refractivity contribution < 1.29 is 19.1 Å². The molecule has 2 unspecified atom stereocenters. The molecular formula is C17H21N3O4. The van der Waals surface area contributed by atoms with Crippen molar-refractivity contribution in [2.75, 3.05) is 13.7 Å². The Kier molecular flexibility index (Phi) is 3.95. The molecule has 2 aliphatic heterocycles. The van der Waals surface area contributed by atoms with Gasteiger partial charge in [-0.2, -0.15) is 0 Å². The Bertz CT molecular complexity index is 684. The third-order valence-electron chi connectivity index (χ3n) is 4.57. The number of nitrogens with zero attached hydrogens (tertiary/aromatic N) is 1. The van der Waals surface area contributed by atoms with E-state index in [1.807, 2.05) is 0 Å².